The number of aliphatic hydroxyl groups excluding tert-OH is 1. The minimum absolute atomic E-state index is 0.0643. The van der Waals surface area contributed by atoms with Crippen LogP contribution >= 0.6 is 0 Å². The number of likely N-dealkylation sites (tertiary alicyclic amines) is 2. The number of carbonyl (C=O) groups is 1. The van der Waals surface area contributed by atoms with Crippen molar-refractivity contribution in [2.24, 2.45) is 0 Å². The molecule has 0 spiro atoms. The summed E-state index contributed by atoms with van der Waals surface area (Å²) in [7, 11) is 0. The van der Waals surface area contributed by atoms with E-state index in [1.54, 1.807) is 15.6 Å². The van der Waals surface area contributed by atoms with Gasteiger partial charge in [-0.05, 0) is 38.4 Å². The van der Waals surface area contributed by atoms with E-state index in [0.29, 0.717) is 18.8 Å². The normalized spacial score (nSPS) is 26.7. The first-order valence-corrected chi connectivity index (χ1v) is 7.94. The summed E-state index contributed by atoms with van der Waals surface area (Å²) in [5.41, 5.74) is 0.484. The van der Waals surface area contributed by atoms with Crippen molar-refractivity contribution in [3.05, 3.63) is 18.0 Å². The monoisotopic (exact) mass is 292 g/mol. The number of nitrogens with zero attached hydrogens (tertiary/aromatic N) is 4. The molecule has 116 valence electrons. The SMILES string of the molecule is CCCn1ccc(C(=O)N2C[C@@H](O)[C@H](N3CCCC3)C2)n1. The minimum Gasteiger partial charge on any atom is -0.390 e. The first-order valence-electron chi connectivity index (χ1n) is 7.94. The van der Waals surface area contributed by atoms with Gasteiger partial charge in [0.25, 0.3) is 5.91 Å². The van der Waals surface area contributed by atoms with Crippen molar-refractivity contribution in [2.45, 2.75) is 44.9 Å². The number of hydrogen-bond donors (Lipinski definition) is 1. The number of β-amino-alcohol motifs (C(OH)–C–C–N with tert-alkyl or cyclic N) is 1. The highest BCUT2D eigenvalue weighted by molar-refractivity contribution is 5.92. The maximum absolute atomic E-state index is 12.5. The van der Waals surface area contributed by atoms with Crippen molar-refractivity contribution in [3.63, 3.8) is 0 Å². The van der Waals surface area contributed by atoms with Crippen molar-refractivity contribution >= 4 is 5.91 Å². The molecule has 2 aliphatic heterocycles. The van der Waals surface area contributed by atoms with E-state index in [1.807, 2.05) is 6.20 Å². The molecule has 21 heavy (non-hydrogen) atoms. The fraction of sp³-hybridized carbons (Fsp3) is 0.733. The van der Waals surface area contributed by atoms with Crippen LogP contribution in [0, 0.1) is 0 Å². The largest absolute Gasteiger partial charge is 0.390 e. The number of aryl methyl sites for hydroxylation is 1. The van der Waals surface area contributed by atoms with Crippen LogP contribution in [0.3, 0.4) is 0 Å². The highest BCUT2D eigenvalue weighted by Crippen LogP contribution is 2.22. The van der Waals surface area contributed by atoms with Crippen molar-refractivity contribution in [1.82, 2.24) is 19.6 Å². The molecule has 3 rings (SSSR count). The molecule has 2 fully saturated rings. The molecule has 6 heteroatoms. The van der Waals surface area contributed by atoms with Crippen LogP contribution in [-0.4, -0.2) is 68.9 Å². The summed E-state index contributed by atoms with van der Waals surface area (Å²) in [6.07, 6.45) is 4.79. The van der Waals surface area contributed by atoms with Crippen LogP contribution in [0.15, 0.2) is 12.3 Å². The van der Waals surface area contributed by atoms with Crippen molar-refractivity contribution < 1.29 is 9.90 Å². The zero-order chi connectivity index (χ0) is 14.8. The predicted molar refractivity (Wildman–Crippen MR) is 79.0 cm³/mol. The smallest absolute Gasteiger partial charge is 0.274 e. The van der Waals surface area contributed by atoms with Gasteiger partial charge in [-0.1, -0.05) is 6.92 Å². The first-order chi connectivity index (χ1) is 10.2. The molecule has 0 bridgehead atoms. The van der Waals surface area contributed by atoms with E-state index < -0.39 is 6.10 Å². The molecule has 6 nitrogen and oxygen atoms in total. The predicted octanol–water partition coefficient (Wildman–Crippen LogP) is 0.574. The Hall–Kier alpha value is -1.40. The second-order valence-electron chi connectivity index (χ2n) is 6.05. The van der Waals surface area contributed by atoms with Gasteiger partial charge in [0.1, 0.15) is 5.69 Å². The van der Waals surface area contributed by atoms with Gasteiger partial charge in [0, 0.05) is 25.8 Å². The van der Waals surface area contributed by atoms with E-state index in [9.17, 15) is 9.90 Å². The molecular weight excluding hydrogens is 268 g/mol. The molecule has 1 aromatic heterocycles. The van der Waals surface area contributed by atoms with E-state index in [4.69, 9.17) is 0 Å². The molecule has 2 atom stereocenters. The number of aromatic nitrogens is 2. The fourth-order valence-electron chi connectivity index (χ4n) is 3.36. The van der Waals surface area contributed by atoms with Crippen LogP contribution in [0.4, 0.5) is 0 Å². The van der Waals surface area contributed by atoms with E-state index >= 15 is 0 Å². The molecule has 0 aromatic carbocycles. The minimum atomic E-state index is -0.440. The van der Waals surface area contributed by atoms with E-state index in [0.717, 1.165) is 26.1 Å². The lowest BCUT2D eigenvalue weighted by Gasteiger charge is -2.25. The molecule has 2 saturated heterocycles. The van der Waals surface area contributed by atoms with Crippen LogP contribution in [0.2, 0.25) is 0 Å². The molecule has 1 aromatic rings. The third-order valence-electron chi connectivity index (χ3n) is 4.47. The summed E-state index contributed by atoms with van der Waals surface area (Å²) < 4.78 is 1.80. The van der Waals surface area contributed by atoms with Gasteiger partial charge in [-0.3, -0.25) is 14.4 Å². The number of aliphatic hydroxyl groups is 1. The summed E-state index contributed by atoms with van der Waals surface area (Å²) in [5.74, 6) is -0.0643. The molecule has 0 aliphatic carbocycles. The van der Waals surface area contributed by atoms with E-state index in [-0.39, 0.29) is 11.9 Å². The fourth-order valence-corrected chi connectivity index (χ4v) is 3.36. The standard InChI is InChI=1S/C15H24N4O2/c1-2-6-19-9-5-12(16-19)15(21)18-10-13(14(20)11-18)17-7-3-4-8-17/h5,9,13-14,20H,2-4,6-8,10-11H2,1H3/t13-,14-/m1/s1. The summed E-state index contributed by atoms with van der Waals surface area (Å²) in [6.45, 7) is 6.01. The zero-order valence-electron chi connectivity index (χ0n) is 12.6. The topological polar surface area (TPSA) is 61.6 Å². The molecule has 1 N–H and O–H groups in total. The average molecular weight is 292 g/mol. The Bertz CT molecular complexity index is 496. The lowest BCUT2D eigenvalue weighted by molar-refractivity contribution is 0.0756. The lowest BCUT2D eigenvalue weighted by atomic mass is 10.2. The zero-order valence-corrected chi connectivity index (χ0v) is 12.6. The van der Waals surface area contributed by atoms with Crippen LogP contribution in [-0.2, 0) is 6.54 Å². The van der Waals surface area contributed by atoms with Gasteiger partial charge in [-0.25, -0.2) is 0 Å². The summed E-state index contributed by atoms with van der Waals surface area (Å²) >= 11 is 0. The van der Waals surface area contributed by atoms with Gasteiger partial charge in [0.05, 0.1) is 12.1 Å². The highest BCUT2D eigenvalue weighted by atomic mass is 16.3. The van der Waals surface area contributed by atoms with Gasteiger partial charge in [-0.2, -0.15) is 5.10 Å². The second-order valence-corrected chi connectivity index (χ2v) is 6.05. The molecule has 0 radical (unpaired) electrons. The van der Waals surface area contributed by atoms with Gasteiger partial charge < -0.3 is 10.0 Å². The molecule has 3 heterocycles. The quantitative estimate of drug-likeness (QED) is 0.881. The van der Waals surface area contributed by atoms with Gasteiger partial charge in [0.15, 0.2) is 0 Å². The van der Waals surface area contributed by atoms with Crippen LogP contribution in [0.1, 0.15) is 36.7 Å². The van der Waals surface area contributed by atoms with Crippen LogP contribution in [0.25, 0.3) is 0 Å². The molecule has 1 amide bonds. The Morgan fingerprint density at radius 3 is 2.86 bits per heavy atom. The van der Waals surface area contributed by atoms with Crippen molar-refractivity contribution in [2.75, 3.05) is 26.2 Å². The number of hydrogen-bond acceptors (Lipinski definition) is 4. The lowest BCUT2D eigenvalue weighted by Crippen LogP contribution is -2.41. The number of amides is 1. The third-order valence-corrected chi connectivity index (χ3v) is 4.47. The Morgan fingerprint density at radius 2 is 2.14 bits per heavy atom. The van der Waals surface area contributed by atoms with Gasteiger partial charge in [-0.15, -0.1) is 0 Å². The molecular formula is C15H24N4O2. The molecule has 2 aliphatic rings. The third kappa shape index (κ3) is 2.96. The van der Waals surface area contributed by atoms with E-state index in [2.05, 4.69) is 16.9 Å². The summed E-state index contributed by atoms with van der Waals surface area (Å²) in [5, 5.41) is 14.6. The number of carbonyl (C=O) groups excluding carboxylic acids is 1. The average Bonchev–Trinajstić information content (AvgIpc) is 3.17. The van der Waals surface area contributed by atoms with Crippen molar-refractivity contribution in [1.29, 1.82) is 0 Å². The maximum Gasteiger partial charge on any atom is 0.274 e. The summed E-state index contributed by atoms with van der Waals surface area (Å²) in [6, 6.07) is 1.86. The Kier molecular flexibility index (Phi) is 4.26. The Labute approximate surface area is 125 Å². The van der Waals surface area contributed by atoms with Crippen LogP contribution in [0.5, 0.6) is 0 Å². The summed E-state index contributed by atoms with van der Waals surface area (Å²) in [4.78, 5) is 16.5. The molecule has 0 unspecified atom stereocenters. The van der Waals surface area contributed by atoms with E-state index in [1.165, 1.54) is 12.8 Å². The van der Waals surface area contributed by atoms with Gasteiger partial charge >= 0.3 is 0 Å². The Balaban J connectivity index is 1.65. The highest BCUT2D eigenvalue weighted by Gasteiger charge is 2.39. The van der Waals surface area contributed by atoms with Crippen LogP contribution < -0.4 is 0 Å². The molecule has 0 saturated carbocycles. The maximum atomic E-state index is 12.5. The van der Waals surface area contributed by atoms with Crippen molar-refractivity contribution in [3.8, 4) is 0 Å². The van der Waals surface area contributed by atoms with Gasteiger partial charge in [0.2, 0.25) is 0 Å². The Morgan fingerprint density at radius 1 is 1.38 bits per heavy atom. The second kappa shape index (κ2) is 6.15. The number of rotatable bonds is 4. The first kappa shape index (κ1) is 14.5.